The van der Waals surface area contributed by atoms with Gasteiger partial charge in [-0.2, -0.15) is 5.26 Å². The second-order valence-electron chi connectivity index (χ2n) is 12.4. The molecular formula is C37H34N2. The highest BCUT2D eigenvalue weighted by atomic mass is 15.2. The van der Waals surface area contributed by atoms with Gasteiger partial charge in [-0.1, -0.05) is 94.4 Å². The number of nitriles is 1. The Morgan fingerprint density at radius 3 is 1.67 bits per heavy atom. The summed E-state index contributed by atoms with van der Waals surface area (Å²) >= 11 is 0. The zero-order chi connectivity index (χ0) is 26.9. The Balaban J connectivity index is 1.41. The average Bonchev–Trinajstić information content (AvgIpc) is 3.33. The first-order valence-corrected chi connectivity index (χ1v) is 14.2. The Morgan fingerprint density at radius 1 is 0.667 bits per heavy atom. The molecule has 39 heavy (non-hydrogen) atoms. The topological polar surface area (TPSA) is 27.0 Å². The van der Waals surface area contributed by atoms with Crippen LogP contribution >= 0.6 is 0 Å². The quantitative estimate of drug-likeness (QED) is 0.277. The minimum absolute atomic E-state index is 0.0265. The second-order valence-corrected chi connectivity index (χ2v) is 12.4. The average molecular weight is 507 g/mol. The molecule has 1 unspecified atom stereocenters. The first-order chi connectivity index (χ1) is 18.8. The third-order valence-electron chi connectivity index (χ3n) is 9.54. The summed E-state index contributed by atoms with van der Waals surface area (Å²) in [5.41, 5.74) is 13.9. The van der Waals surface area contributed by atoms with Gasteiger partial charge in [0.25, 0.3) is 0 Å². The molecule has 0 N–H and O–H groups in total. The highest BCUT2D eigenvalue weighted by molar-refractivity contribution is 5.86. The van der Waals surface area contributed by atoms with Crippen molar-refractivity contribution in [1.82, 2.24) is 0 Å². The number of hydrogen-bond acceptors (Lipinski definition) is 2. The lowest BCUT2D eigenvalue weighted by atomic mass is 9.81. The van der Waals surface area contributed by atoms with E-state index in [9.17, 15) is 5.26 Å². The summed E-state index contributed by atoms with van der Waals surface area (Å²) in [4.78, 5) is 2.45. The molecule has 0 aliphatic heterocycles. The summed E-state index contributed by atoms with van der Waals surface area (Å²) in [6, 6.07) is 34.1. The molecule has 2 nitrogen and oxygen atoms in total. The molecule has 0 amide bonds. The maximum absolute atomic E-state index is 10.2. The number of allylic oxidation sites excluding steroid dienone is 1. The van der Waals surface area contributed by atoms with Gasteiger partial charge in [0.1, 0.15) is 0 Å². The Labute approximate surface area is 232 Å². The Morgan fingerprint density at radius 2 is 1.15 bits per heavy atom. The van der Waals surface area contributed by atoms with Crippen LogP contribution in [0, 0.1) is 11.3 Å². The Bertz CT molecular complexity index is 1600. The summed E-state index contributed by atoms with van der Waals surface area (Å²) in [7, 11) is 0. The summed E-state index contributed by atoms with van der Waals surface area (Å²) in [5.74, 6) is 0. The summed E-state index contributed by atoms with van der Waals surface area (Å²) < 4.78 is 0. The number of anilines is 2. The van der Waals surface area contributed by atoms with Gasteiger partial charge in [0.15, 0.2) is 0 Å². The molecule has 7 rings (SSSR count). The van der Waals surface area contributed by atoms with Crippen molar-refractivity contribution in [3.63, 3.8) is 0 Å². The molecule has 0 spiro atoms. The molecule has 0 heterocycles. The van der Waals surface area contributed by atoms with E-state index in [4.69, 9.17) is 0 Å². The molecule has 1 atom stereocenters. The lowest BCUT2D eigenvalue weighted by molar-refractivity contribution is 0.611. The van der Waals surface area contributed by atoms with Crippen molar-refractivity contribution in [2.24, 2.45) is 0 Å². The minimum atomic E-state index is -0.0738. The fourth-order valence-electron chi connectivity index (χ4n) is 7.44. The van der Waals surface area contributed by atoms with Crippen molar-refractivity contribution >= 4 is 11.4 Å². The van der Waals surface area contributed by atoms with Crippen LogP contribution in [-0.4, -0.2) is 6.04 Å². The fourth-order valence-corrected chi connectivity index (χ4v) is 7.44. The van der Waals surface area contributed by atoms with Gasteiger partial charge in [-0.25, -0.2) is 0 Å². The van der Waals surface area contributed by atoms with E-state index in [1.165, 1.54) is 44.5 Å². The molecule has 0 radical (unpaired) electrons. The van der Waals surface area contributed by atoms with Gasteiger partial charge >= 0.3 is 0 Å². The molecule has 4 aromatic rings. The van der Waals surface area contributed by atoms with Gasteiger partial charge < -0.3 is 4.90 Å². The Hall–Kier alpha value is -4.09. The highest BCUT2D eigenvalue weighted by Crippen LogP contribution is 2.52. The second kappa shape index (κ2) is 8.45. The van der Waals surface area contributed by atoms with E-state index in [-0.39, 0.29) is 16.9 Å². The number of hydrogen-bond donors (Lipinski definition) is 0. The predicted octanol–water partition coefficient (Wildman–Crippen LogP) is 9.44. The molecule has 2 heteroatoms. The number of rotatable bonds is 3. The van der Waals surface area contributed by atoms with Crippen LogP contribution in [0.2, 0.25) is 0 Å². The third-order valence-corrected chi connectivity index (χ3v) is 9.54. The maximum Gasteiger partial charge on any atom is 0.0965 e. The molecular weight excluding hydrogens is 472 g/mol. The standard InChI is InChI=1S/C37H34N2/c1-36(2)31-14-8-6-12-27(31)29-19-17-25(21-33(29)36)39(35-16-10-5-11-24(35)23-38)26-18-20-30-28-13-7-9-15-32(28)37(3,4)34(30)22-26/h6-9,11-15,17-22,35H,5,10,16H2,1-4H3. The minimum Gasteiger partial charge on any atom is -0.333 e. The van der Waals surface area contributed by atoms with E-state index in [1.807, 2.05) is 0 Å². The van der Waals surface area contributed by atoms with E-state index >= 15 is 0 Å². The molecule has 4 aromatic carbocycles. The van der Waals surface area contributed by atoms with E-state index in [2.05, 4.69) is 130 Å². The van der Waals surface area contributed by atoms with Crippen LogP contribution in [0.15, 0.2) is 96.6 Å². The summed E-state index contributed by atoms with van der Waals surface area (Å²) in [5, 5.41) is 10.2. The van der Waals surface area contributed by atoms with E-state index in [0.717, 1.165) is 36.2 Å². The van der Waals surface area contributed by atoms with Crippen LogP contribution in [0.3, 0.4) is 0 Å². The molecule has 3 aliphatic rings. The molecule has 0 fully saturated rings. The fraction of sp³-hybridized carbons (Fsp3) is 0.270. The van der Waals surface area contributed by atoms with Crippen LogP contribution in [0.1, 0.15) is 69.2 Å². The third kappa shape index (κ3) is 3.39. The molecule has 0 saturated carbocycles. The van der Waals surface area contributed by atoms with Gasteiger partial charge in [-0.15, -0.1) is 0 Å². The maximum atomic E-state index is 10.2. The van der Waals surface area contributed by atoms with E-state index in [1.54, 1.807) is 0 Å². The number of fused-ring (bicyclic) bond motifs is 6. The van der Waals surface area contributed by atoms with Crippen molar-refractivity contribution in [2.75, 3.05) is 4.90 Å². The molecule has 192 valence electrons. The van der Waals surface area contributed by atoms with Gasteiger partial charge in [-0.3, -0.25) is 0 Å². The first kappa shape index (κ1) is 24.0. The van der Waals surface area contributed by atoms with Gasteiger partial charge in [0.05, 0.1) is 12.1 Å². The number of benzene rings is 4. The lowest BCUT2D eigenvalue weighted by Crippen LogP contribution is -2.34. The van der Waals surface area contributed by atoms with E-state index in [0.29, 0.717) is 0 Å². The van der Waals surface area contributed by atoms with Crippen LogP contribution in [-0.2, 0) is 10.8 Å². The van der Waals surface area contributed by atoms with Gasteiger partial charge in [-0.05, 0) is 88.0 Å². The zero-order valence-electron chi connectivity index (χ0n) is 23.3. The van der Waals surface area contributed by atoms with Crippen molar-refractivity contribution in [1.29, 1.82) is 5.26 Å². The summed E-state index contributed by atoms with van der Waals surface area (Å²) in [6.07, 6.45) is 5.20. The van der Waals surface area contributed by atoms with Crippen molar-refractivity contribution in [3.8, 4) is 28.3 Å². The number of nitrogens with zero attached hydrogens (tertiary/aromatic N) is 2. The van der Waals surface area contributed by atoms with Crippen LogP contribution < -0.4 is 4.90 Å². The SMILES string of the molecule is CC1(C)c2ccccc2-c2ccc(N(c3ccc4c(c3)C(C)(C)c3ccccc3-4)C3CCCC=C3C#N)cc21. The van der Waals surface area contributed by atoms with Crippen molar-refractivity contribution < 1.29 is 0 Å². The zero-order valence-corrected chi connectivity index (χ0v) is 23.3. The Kier molecular flexibility index (Phi) is 5.20. The van der Waals surface area contributed by atoms with Crippen molar-refractivity contribution in [3.05, 3.63) is 119 Å². The highest BCUT2D eigenvalue weighted by Gasteiger charge is 2.38. The summed E-state index contributed by atoms with van der Waals surface area (Å²) in [6.45, 7) is 9.34. The molecule has 0 bridgehead atoms. The van der Waals surface area contributed by atoms with Crippen molar-refractivity contribution in [2.45, 2.75) is 63.8 Å². The van der Waals surface area contributed by atoms with Gasteiger partial charge in [0.2, 0.25) is 0 Å². The largest absolute Gasteiger partial charge is 0.333 e. The molecule has 3 aliphatic carbocycles. The first-order valence-electron chi connectivity index (χ1n) is 14.2. The van der Waals surface area contributed by atoms with Crippen LogP contribution in [0.5, 0.6) is 0 Å². The molecule has 0 aromatic heterocycles. The normalized spacial score (nSPS) is 19.3. The molecule has 0 saturated heterocycles. The van der Waals surface area contributed by atoms with Crippen LogP contribution in [0.4, 0.5) is 11.4 Å². The van der Waals surface area contributed by atoms with E-state index < -0.39 is 0 Å². The smallest absolute Gasteiger partial charge is 0.0965 e. The van der Waals surface area contributed by atoms with Gasteiger partial charge in [0, 0.05) is 27.8 Å². The lowest BCUT2D eigenvalue weighted by Gasteiger charge is -2.37. The van der Waals surface area contributed by atoms with Crippen LogP contribution in [0.25, 0.3) is 22.3 Å². The monoisotopic (exact) mass is 506 g/mol. The predicted molar refractivity (Wildman–Crippen MR) is 161 cm³/mol.